The van der Waals surface area contributed by atoms with Crippen LogP contribution in [-0.4, -0.2) is 23.4 Å². The molecule has 1 amide bonds. The summed E-state index contributed by atoms with van der Waals surface area (Å²) in [6.07, 6.45) is 3.64. The van der Waals surface area contributed by atoms with Gasteiger partial charge in [-0.25, -0.2) is 0 Å². The minimum atomic E-state index is -0.208. The summed E-state index contributed by atoms with van der Waals surface area (Å²) in [6.45, 7) is 0.701. The van der Waals surface area contributed by atoms with Crippen LogP contribution in [0.25, 0.3) is 0 Å². The second-order valence-electron chi connectivity index (χ2n) is 4.72. The third-order valence-electron chi connectivity index (χ3n) is 3.25. The third-order valence-corrected chi connectivity index (χ3v) is 4.11. The molecule has 4 heteroatoms. The van der Waals surface area contributed by atoms with Crippen LogP contribution in [0.2, 0.25) is 0 Å². The quantitative estimate of drug-likeness (QED) is 0.872. The lowest BCUT2D eigenvalue weighted by atomic mass is 9.75. The number of rotatable bonds is 4. The number of amides is 1. The van der Waals surface area contributed by atoms with Crippen LogP contribution in [0.1, 0.15) is 30.6 Å². The third kappa shape index (κ3) is 2.62. The van der Waals surface area contributed by atoms with Crippen LogP contribution in [0, 0.1) is 0 Å². The van der Waals surface area contributed by atoms with Crippen LogP contribution in [0.3, 0.4) is 0 Å². The second-order valence-corrected chi connectivity index (χ2v) is 5.75. The molecule has 0 aromatic carbocycles. The Morgan fingerprint density at radius 3 is 2.88 bits per heavy atom. The van der Waals surface area contributed by atoms with Gasteiger partial charge in [0.25, 0.3) is 0 Å². The molecule has 0 spiro atoms. The Labute approximate surface area is 100 Å². The van der Waals surface area contributed by atoms with Crippen molar-refractivity contribution in [2.24, 2.45) is 5.73 Å². The number of hydrogen-bond acceptors (Lipinski definition) is 3. The highest BCUT2D eigenvalue weighted by molar-refractivity contribution is 7.09. The molecular weight excluding hydrogens is 220 g/mol. The van der Waals surface area contributed by atoms with Gasteiger partial charge in [-0.2, -0.15) is 0 Å². The molecule has 0 radical (unpaired) electrons. The first-order valence-corrected chi connectivity index (χ1v) is 6.52. The van der Waals surface area contributed by atoms with Crippen molar-refractivity contribution in [3.05, 3.63) is 22.4 Å². The van der Waals surface area contributed by atoms with E-state index in [0.29, 0.717) is 13.0 Å². The van der Waals surface area contributed by atoms with Gasteiger partial charge in [0.15, 0.2) is 0 Å². The average molecular weight is 238 g/mol. The Kier molecular flexibility index (Phi) is 3.30. The average Bonchev–Trinajstić information content (AvgIpc) is 2.68. The van der Waals surface area contributed by atoms with Crippen LogP contribution >= 0.6 is 11.3 Å². The standard InChI is InChI=1S/C12H18N2OS/c1-14(9-10-4-2-7-16-10)11(15)8-12(13)5-3-6-12/h2,4,7H,3,5-6,8-9,13H2,1H3. The lowest BCUT2D eigenvalue weighted by molar-refractivity contribution is -0.132. The Hall–Kier alpha value is -0.870. The van der Waals surface area contributed by atoms with Crippen molar-refractivity contribution in [2.75, 3.05) is 7.05 Å². The molecule has 0 atom stereocenters. The smallest absolute Gasteiger partial charge is 0.224 e. The largest absolute Gasteiger partial charge is 0.341 e. The Morgan fingerprint density at radius 2 is 2.38 bits per heavy atom. The predicted molar refractivity (Wildman–Crippen MR) is 66.2 cm³/mol. The molecule has 16 heavy (non-hydrogen) atoms. The van der Waals surface area contributed by atoms with Crippen LogP contribution in [-0.2, 0) is 11.3 Å². The first-order valence-electron chi connectivity index (χ1n) is 5.64. The fourth-order valence-electron chi connectivity index (χ4n) is 1.97. The van der Waals surface area contributed by atoms with E-state index in [9.17, 15) is 4.79 Å². The summed E-state index contributed by atoms with van der Waals surface area (Å²) in [7, 11) is 1.85. The van der Waals surface area contributed by atoms with Gasteiger partial charge in [0.05, 0.1) is 6.54 Å². The van der Waals surface area contributed by atoms with Gasteiger partial charge in [-0.1, -0.05) is 6.07 Å². The summed E-state index contributed by atoms with van der Waals surface area (Å²) >= 11 is 1.68. The maximum absolute atomic E-state index is 11.9. The Bertz CT molecular complexity index is 357. The fourth-order valence-corrected chi connectivity index (χ4v) is 2.73. The molecule has 1 aliphatic rings. The van der Waals surface area contributed by atoms with E-state index in [0.717, 1.165) is 12.8 Å². The molecule has 0 unspecified atom stereocenters. The van der Waals surface area contributed by atoms with Crippen molar-refractivity contribution in [3.8, 4) is 0 Å². The molecule has 1 aromatic heterocycles. The fraction of sp³-hybridized carbons (Fsp3) is 0.583. The molecule has 0 aliphatic heterocycles. The molecule has 88 valence electrons. The maximum Gasteiger partial charge on any atom is 0.224 e. The number of nitrogens with two attached hydrogens (primary N) is 1. The van der Waals surface area contributed by atoms with E-state index >= 15 is 0 Å². The minimum absolute atomic E-state index is 0.163. The van der Waals surface area contributed by atoms with Crippen LogP contribution in [0.15, 0.2) is 17.5 Å². The predicted octanol–water partition coefficient (Wildman–Crippen LogP) is 1.98. The first kappa shape index (κ1) is 11.6. The molecule has 1 aromatic rings. The van der Waals surface area contributed by atoms with Crippen molar-refractivity contribution in [1.29, 1.82) is 0 Å². The number of hydrogen-bond donors (Lipinski definition) is 1. The van der Waals surface area contributed by atoms with Gasteiger partial charge in [-0.05, 0) is 30.7 Å². The topological polar surface area (TPSA) is 46.3 Å². The van der Waals surface area contributed by atoms with Gasteiger partial charge in [0.1, 0.15) is 0 Å². The summed E-state index contributed by atoms with van der Waals surface area (Å²) in [6, 6.07) is 4.06. The SMILES string of the molecule is CN(Cc1cccs1)C(=O)CC1(N)CCC1. The van der Waals surface area contributed by atoms with Crippen LogP contribution in [0.5, 0.6) is 0 Å². The molecule has 0 bridgehead atoms. The van der Waals surface area contributed by atoms with E-state index in [1.165, 1.54) is 11.3 Å². The van der Waals surface area contributed by atoms with Crippen LogP contribution < -0.4 is 5.73 Å². The van der Waals surface area contributed by atoms with Crippen molar-refractivity contribution in [1.82, 2.24) is 4.90 Å². The summed E-state index contributed by atoms with van der Waals surface area (Å²) in [4.78, 5) is 14.9. The number of carbonyl (C=O) groups excluding carboxylic acids is 1. The van der Waals surface area contributed by atoms with Gasteiger partial charge in [0, 0.05) is 23.9 Å². The first-order chi connectivity index (χ1) is 7.59. The van der Waals surface area contributed by atoms with Gasteiger partial charge in [-0.15, -0.1) is 11.3 Å². The number of thiophene rings is 1. The lowest BCUT2D eigenvalue weighted by Crippen LogP contribution is -2.50. The van der Waals surface area contributed by atoms with E-state index in [2.05, 4.69) is 6.07 Å². The maximum atomic E-state index is 11.9. The van der Waals surface area contributed by atoms with E-state index in [-0.39, 0.29) is 11.4 Å². The van der Waals surface area contributed by atoms with E-state index in [4.69, 9.17) is 5.73 Å². The summed E-state index contributed by atoms with van der Waals surface area (Å²) in [5, 5.41) is 2.03. The molecule has 0 saturated heterocycles. The van der Waals surface area contributed by atoms with Crippen molar-refractivity contribution in [3.63, 3.8) is 0 Å². The molecule has 3 nitrogen and oxygen atoms in total. The highest BCUT2D eigenvalue weighted by Crippen LogP contribution is 2.32. The molecule has 1 saturated carbocycles. The van der Waals surface area contributed by atoms with Gasteiger partial charge < -0.3 is 10.6 Å². The summed E-state index contributed by atoms with van der Waals surface area (Å²) in [5.41, 5.74) is 5.86. The van der Waals surface area contributed by atoms with Crippen molar-refractivity contribution >= 4 is 17.2 Å². The summed E-state index contributed by atoms with van der Waals surface area (Å²) < 4.78 is 0. The normalized spacial score (nSPS) is 17.9. The minimum Gasteiger partial charge on any atom is -0.341 e. The molecule has 1 fully saturated rings. The summed E-state index contributed by atoms with van der Waals surface area (Å²) in [5.74, 6) is 0.163. The van der Waals surface area contributed by atoms with E-state index < -0.39 is 0 Å². The van der Waals surface area contributed by atoms with Gasteiger partial charge >= 0.3 is 0 Å². The highest BCUT2D eigenvalue weighted by Gasteiger charge is 2.35. The molecular formula is C12H18N2OS. The number of nitrogens with zero attached hydrogens (tertiary/aromatic N) is 1. The van der Waals surface area contributed by atoms with Crippen molar-refractivity contribution in [2.45, 2.75) is 37.8 Å². The van der Waals surface area contributed by atoms with E-state index in [1.807, 2.05) is 18.5 Å². The van der Waals surface area contributed by atoms with Crippen LogP contribution in [0.4, 0.5) is 0 Å². The number of carbonyl (C=O) groups is 1. The van der Waals surface area contributed by atoms with Gasteiger partial charge in [-0.3, -0.25) is 4.79 Å². The van der Waals surface area contributed by atoms with Crippen molar-refractivity contribution < 1.29 is 4.79 Å². The zero-order valence-corrected chi connectivity index (χ0v) is 10.4. The molecule has 2 N–H and O–H groups in total. The highest BCUT2D eigenvalue weighted by atomic mass is 32.1. The molecule has 1 heterocycles. The molecule has 2 rings (SSSR count). The second kappa shape index (κ2) is 4.55. The molecule has 1 aliphatic carbocycles. The lowest BCUT2D eigenvalue weighted by Gasteiger charge is -2.38. The monoisotopic (exact) mass is 238 g/mol. The zero-order chi connectivity index (χ0) is 11.6. The van der Waals surface area contributed by atoms with Gasteiger partial charge in [0.2, 0.25) is 5.91 Å². The Morgan fingerprint density at radius 1 is 1.62 bits per heavy atom. The Balaban J connectivity index is 1.84. The van der Waals surface area contributed by atoms with E-state index in [1.54, 1.807) is 16.2 Å². The zero-order valence-electron chi connectivity index (χ0n) is 9.61.